The Hall–Kier alpha value is -1.82. The molecular weight excluding hydrogens is 274 g/mol. The van der Waals surface area contributed by atoms with Gasteiger partial charge in [0.25, 0.3) is 0 Å². The second kappa shape index (κ2) is 7.09. The zero-order valence-electron chi connectivity index (χ0n) is 11.3. The van der Waals surface area contributed by atoms with Gasteiger partial charge in [0.1, 0.15) is 0 Å². The number of imidazole rings is 1. The van der Waals surface area contributed by atoms with Crippen LogP contribution in [-0.4, -0.2) is 31.4 Å². The molecule has 20 heavy (non-hydrogen) atoms. The van der Waals surface area contributed by atoms with Gasteiger partial charge in [0.2, 0.25) is 0 Å². The molecule has 6 heteroatoms. The van der Waals surface area contributed by atoms with Crippen LogP contribution < -0.4 is 0 Å². The molecule has 0 saturated heterocycles. The van der Waals surface area contributed by atoms with Crippen molar-refractivity contribution in [2.75, 3.05) is 5.75 Å². The second-order valence-electron chi connectivity index (χ2n) is 4.29. The van der Waals surface area contributed by atoms with Gasteiger partial charge in [-0.05, 0) is 18.6 Å². The molecule has 0 aliphatic heterocycles. The Labute approximate surface area is 122 Å². The Balaban J connectivity index is 2.08. The van der Waals surface area contributed by atoms with Crippen LogP contribution in [0.5, 0.6) is 0 Å². The number of pyridine rings is 1. The van der Waals surface area contributed by atoms with E-state index in [0.717, 1.165) is 35.9 Å². The number of aromatic nitrogens is 3. The third-order valence-corrected chi connectivity index (χ3v) is 3.88. The van der Waals surface area contributed by atoms with Crippen molar-refractivity contribution in [2.24, 2.45) is 0 Å². The summed E-state index contributed by atoms with van der Waals surface area (Å²) in [5, 5.41) is 9.53. The number of nitrogens with zero attached hydrogens (tertiary/aromatic N) is 3. The molecule has 0 saturated carbocycles. The first-order chi connectivity index (χ1) is 9.70. The van der Waals surface area contributed by atoms with Gasteiger partial charge < -0.3 is 9.67 Å². The Morgan fingerprint density at radius 2 is 2.25 bits per heavy atom. The standard InChI is InChI=1S/C14H17N3O2S/c1-2-12-9-16-14(20-10-13(18)19)17(12)8-6-11-5-3-4-7-15-11/h3-5,7,9H,2,6,8,10H2,1H3,(H,18,19). The van der Waals surface area contributed by atoms with Crippen LogP contribution >= 0.6 is 11.8 Å². The Morgan fingerprint density at radius 3 is 2.90 bits per heavy atom. The fourth-order valence-corrected chi connectivity index (χ4v) is 2.67. The monoisotopic (exact) mass is 291 g/mol. The minimum Gasteiger partial charge on any atom is -0.481 e. The average molecular weight is 291 g/mol. The lowest BCUT2D eigenvalue weighted by Crippen LogP contribution is -2.08. The van der Waals surface area contributed by atoms with Crippen LogP contribution in [0.4, 0.5) is 0 Å². The van der Waals surface area contributed by atoms with Gasteiger partial charge in [-0.2, -0.15) is 0 Å². The molecule has 0 bridgehead atoms. The molecule has 0 fully saturated rings. The molecule has 0 aliphatic rings. The summed E-state index contributed by atoms with van der Waals surface area (Å²) in [6.45, 7) is 2.84. The van der Waals surface area contributed by atoms with E-state index in [0.29, 0.717) is 0 Å². The molecule has 1 N–H and O–H groups in total. The highest BCUT2D eigenvalue weighted by Gasteiger charge is 2.11. The molecule has 106 valence electrons. The van der Waals surface area contributed by atoms with Gasteiger partial charge in [-0.3, -0.25) is 9.78 Å². The van der Waals surface area contributed by atoms with Gasteiger partial charge in [0.15, 0.2) is 5.16 Å². The van der Waals surface area contributed by atoms with Gasteiger partial charge in [0.05, 0.1) is 5.75 Å². The van der Waals surface area contributed by atoms with Gasteiger partial charge in [0, 0.05) is 36.7 Å². The van der Waals surface area contributed by atoms with Gasteiger partial charge in [-0.1, -0.05) is 24.8 Å². The van der Waals surface area contributed by atoms with Crippen molar-refractivity contribution >= 4 is 17.7 Å². The normalized spacial score (nSPS) is 10.7. The summed E-state index contributed by atoms with van der Waals surface area (Å²) in [4.78, 5) is 19.3. The molecule has 0 amide bonds. The van der Waals surface area contributed by atoms with E-state index >= 15 is 0 Å². The first-order valence-corrected chi connectivity index (χ1v) is 7.48. The molecule has 0 unspecified atom stereocenters. The maximum absolute atomic E-state index is 10.7. The summed E-state index contributed by atoms with van der Waals surface area (Å²) in [6, 6.07) is 5.86. The van der Waals surface area contributed by atoms with Crippen LogP contribution in [0, 0.1) is 0 Å². The highest BCUT2D eigenvalue weighted by molar-refractivity contribution is 7.99. The highest BCUT2D eigenvalue weighted by atomic mass is 32.2. The lowest BCUT2D eigenvalue weighted by Gasteiger charge is -2.10. The maximum atomic E-state index is 10.7. The molecule has 5 nitrogen and oxygen atoms in total. The molecule has 2 aromatic heterocycles. The number of aryl methyl sites for hydroxylation is 2. The molecule has 0 radical (unpaired) electrons. The summed E-state index contributed by atoms with van der Waals surface area (Å²) in [5.74, 6) is -0.795. The highest BCUT2D eigenvalue weighted by Crippen LogP contribution is 2.19. The lowest BCUT2D eigenvalue weighted by atomic mass is 10.2. The smallest absolute Gasteiger partial charge is 0.313 e. The topological polar surface area (TPSA) is 68.0 Å². The summed E-state index contributed by atoms with van der Waals surface area (Å²) in [7, 11) is 0. The Kier molecular flexibility index (Phi) is 5.17. The van der Waals surface area contributed by atoms with Gasteiger partial charge in [-0.25, -0.2) is 4.98 Å². The van der Waals surface area contributed by atoms with Crippen LogP contribution in [-0.2, 0) is 24.2 Å². The number of carbonyl (C=O) groups is 1. The summed E-state index contributed by atoms with van der Waals surface area (Å²) >= 11 is 1.26. The predicted molar refractivity (Wildman–Crippen MR) is 77.9 cm³/mol. The Morgan fingerprint density at radius 1 is 1.40 bits per heavy atom. The largest absolute Gasteiger partial charge is 0.481 e. The molecule has 0 aliphatic carbocycles. The fraction of sp³-hybridized carbons (Fsp3) is 0.357. The van der Waals surface area contributed by atoms with E-state index in [9.17, 15) is 4.79 Å². The van der Waals surface area contributed by atoms with Crippen molar-refractivity contribution in [1.29, 1.82) is 0 Å². The van der Waals surface area contributed by atoms with Crippen LogP contribution in [0.15, 0.2) is 35.7 Å². The number of hydrogen-bond donors (Lipinski definition) is 1. The van der Waals surface area contributed by atoms with Crippen molar-refractivity contribution in [3.8, 4) is 0 Å². The third-order valence-electron chi connectivity index (χ3n) is 2.91. The maximum Gasteiger partial charge on any atom is 0.313 e. The fourth-order valence-electron chi connectivity index (χ4n) is 1.93. The van der Waals surface area contributed by atoms with Crippen LogP contribution in [0.25, 0.3) is 0 Å². The number of aliphatic carboxylic acids is 1. The zero-order chi connectivity index (χ0) is 14.4. The van der Waals surface area contributed by atoms with Gasteiger partial charge in [-0.15, -0.1) is 0 Å². The summed E-state index contributed by atoms with van der Waals surface area (Å²) in [6.07, 6.45) is 5.29. The van der Waals surface area contributed by atoms with E-state index in [2.05, 4.69) is 21.5 Å². The zero-order valence-corrected chi connectivity index (χ0v) is 12.1. The lowest BCUT2D eigenvalue weighted by molar-refractivity contribution is -0.133. The molecule has 2 rings (SSSR count). The minimum atomic E-state index is -0.827. The van der Waals surface area contributed by atoms with Crippen LogP contribution in [0.3, 0.4) is 0 Å². The van der Waals surface area contributed by atoms with Gasteiger partial charge >= 0.3 is 5.97 Å². The summed E-state index contributed by atoms with van der Waals surface area (Å²) < 4.78 is 2.09. The minimum absolute atomic E-state index is 0.0315. The number of thioether (sulfide) groups is 1. The predicted octanol–water partition coefficient (Wildman–Crippen LogP) is 2.26. The quantitative estimate of drug-likeness (QED) is 0.793. The van der Waals surface area contributed by atoms with Crippen LogP contribution in [0.2, 0.25) is 0 Å². The van der Waals surface area contributed by atoms with Crippen molar-refractivity contribution in [3.05, 3.63) is 42.0 Å². The van der Waals surface area contributed by atoms with E-state index in [1.165, 1.54) is 11.8 Å². The SMILES string of the molecule is CCc1cnc(SCC(=O)O)n1CCc1ccccn1. The number of carboxylic acids is 1. The van der Waals surface area contributed by atoms with Crippen molar-refractivity contribution in [2.45, 2.75) is 31.5 Å². The van der Waals surface area contributed by atoms with Crippen molar-refractivity contribution < 1.29 is 9.90 Å². The second-order valence-corrected chi connectivity index (χ2v) is 5.23. The molecule has 0 aromatic carbocycles. The first-order valence-electron chi connectivity index (χ1n) is 6.49. The molecule has 2 aromatic rings. The van der Waals surface area contributed by atoms with Crippen LogP contribution in [0.1, 0.15) is 18.3 Å². The molecule has 0 spiro atoms. The number of hydrogen-bond acceptors (Lipinski definition) is 4. The average Bonchev–Trinajstić information content (AvgIpc) is 2.86. The Bertz CT molecular complexity index is 569. The van der Waals surface area contributed by atoms with E-state index in [-0.39, 0.29) is 5.75 Å². The number of rotatable bonds is 7. The van der Waals surface area contributed by atoms with Crippen molar-refractivity contribution in [3.63, 3.8) is 0 Å². The third kappa shape index (κ3) is 3.84. The molecular formula is C14H17N3O2S. The van der Waals surface area contributed by atoms with E-state index in [1.807, 2.05) is 24.4 Å². The van der Waals surface area contributed by atoms with Crippen molar-refractivity contribution in [1.82, 2.24) is 14.5 Å². The first kappa shape index (κ1) is 14.6. The summed E-state index contributed by atoms with van der Waals surface area (Å²) in [5.41, 5.74) is 2.14. The van der Waals surface area contributed by atoms with E-state index in [4.69, 9.17) is 5.11 Å². The number of carboxylic acid groups (broad SMARTS) is 1. The molecule has 0 atom stereocenters. The van der Waals surface area contributed by atoms with E-state index < -0.39 is 5.97 Å². The van der Waals surface area contributed by atoms with E-state index in [1.54, 1.807) is 6.20 Å². The molecule has 2 heterocycles.